The van der Waals surface area contributed by atoms with Gasteiger partial charge in [0.2, 0.25) is 0 Å². The second-order valence-electron chi connectivity index (χ2n) is 6.27. The molecular weight excluding hydrogens is 365 g/mol. The zero-order chi connectivity index (χ0) is 13.5. The van der Waals surface area contributed by atoms with Crippen molar-refractivity contribution in [2.24, 2.45) is 0 Å². The van der Waals surface area contributed by atoms with Crippen LogP contribution in [0, 0.1) is 0 Å². The van der Waals surface area contributed by atoms with Crippen LogP contribution in [-0.4, -0.2) is 32.5 Å². The molecule has 0 aromatic rings. The highest BCUT2D eigenvalue weighted by Crippen LogP contribution is 2.32. The molecule has 0 radical (unpaired) electrons. The Morgan fingerprint density at radius 3 is 2.00 bits per heavy atom. The Morgan fingerprint density at radius 2 is 1.42 bits per heavy atom. The highest BCUT2D eigenvalue weighted by Gasteiger charge is 2.23. The zero-order valence-electron chi connectivity index (χ0n) is 12.5. The summed E-state index contributed by atoms with van der Waals surface area (Å²) in [4.78, 5) is 2.73. The van der Waals surface area contributed by atoms with Gasteiger partial charge in [0.1, 0.15) is 0 Å². The van der Waals surface area contributed by atoms with Crippen LogP contribution in [0.25, 0.3) is 0 Å². The monoisotopic (exact) mass is 395 g/mol. The summed E-state index contributed by atoms with van der Waals surface area (Å²) in [5.41, 5.74) is 0. The average Bonchev–Trinajstić information content (AvgIpc) is 2.53. The van der Waals surface area contributed by atoms with Crippen molar-refractivity contribution in [1.82, 2.24) is 4.90 Å². The van der Waals surface area contributed by atoms with Crippen molar-refractivity contribution in [3.8, 4) is 0 Å². The Labute approximate surface area is 137 Å². The van der Waals surface area contributed by atoms with Crippen molar-refractivity contribution >= 4 is 34.4 Å². The topological polar surface area (TPSA) is 3.24 Å². The fourth-order valence-corrected chi connectivity index (χ4v) is 5.43. The van der Waals surface area contributed by atoms with E-state index in [1.165, 1.54) is 77.3 Å². The van der Waals surface area contributed by atoms with Crippen LogP contribution < -0.4 is 0 Å². The highest BCUT2D eigenvalue weighted by molar-refractivity contribution is 14.1. The number of piperidine rings is 1. The first kappa shape index (κ1) is 16.4. The third-order valence-electron chi connectivity index (χ3n) is 4.66. The highest BCUT2D eigenvalue weighted by atomic mass is 127. The fraction of sp³-hybridized carbons (Fsp3) is 1.00. The van der Waals surface area contributed by atoms with E-state index in [9.17, 15) is 0 Å². The maximum atomic E-state index is 2.73. The second kappa shape index (κ2) is 9.14. The molecule has 1 aliphatic heterocycles. The first-order valence-corrected chi connectivity index (χ1v) is 10.5. The molecule has 0 N–H and O–H groups in total. The maximum Gasteiger partial charge on any atom is 0.0531 e. The van der Waals surface area contributed by atoms with Gasteiger partial charge in [0, 0.05) is 22.3 Å². The van der Waals surface area contributed by atoms with Crippen LogP contribution in [0.15, 0.2) is 0 Å². The minimum absolute atomic E-state index is 0.745. The van der Waals surface area contributed by atoms with E-state index in [4.69, 9.17) is 0 Å². The predicted octanol–water partition coefficient (Wildman–Crippen LogP) is 5.47. The van der Waals surface area contributed by atoms with Crippen molar-refractivity contribution < 1.29 is 0 Å². The van der Waals surface area contributed by atoms with Crippen LogP contribution in [0.3, 0.4) is 0 Å². The molecule has 1 saturated carbocycles. The van der Waals surface area contributed by atoms with E-state index in [1.54, 1.807) is 0 Å². The van der Waals surface area contributed by atoms with E-state index in [2.05, 4.69) is 46.2 Å². The summed E-state index contributed by atoms with van der Waals surface area (Å²) >= 11 is 4.91. The van der Waals surface area contributed by atoms with E-state index in [0.717, 1.165) is 14.5 Å². The maximum absolute atomic E-state index is 2.73. The average molecular weight is 395 g/mol. The Bertz CT molecular complexity index is 231. The van der Waals surface area contributed by atoms with Crippen molar-refractivity contribution in [3.05, 3.63) is 0 Å². The number of halogens is 1. The summed E-state index contributed by atoms with van der Waals surface area (Å²) in [6.45, 7) is 5.10. The van der Waals surface area contributed by atoms with Crippen molar-refractivity contribution in [1.29, 1.82) is 0 Å². The molecule has 1 nitrogen and oxygen atoms in total. The summed E-state index contributed by atoms with van der Waals surface area (Å²) in [7, 11) is 0. The van der Waals surface area contributed by atoms with Crippen LogP contribution in [0.1, 0.15) is 71.1 Å². The standard InChI is InChI=1S/C16H30INS/c1-14(18-12-10-15(17)11-13-18)19-16-8-6-4-2-3-5-7-9-16/h14-16H,2-13H2,1H3. The molecule has 1 heterocycles. The van der Waals surface area contributed by atoms with Gasteiger partial charge in [0.05, 0.1) is 5.37 Å². The van der Waals surface area contributed by atoms with Crippen LogP contribution in [0.2, 0.25) is 0 Å². The van der Waals surface area contributed by atoms with E-state index < -0.39 is 0 Å². The summed E-state index contributed by atoms with van der Waals surface area (Å²) in [5, 5.41) is 1.68. The first-order chi connectivity index (χ1) is 9.25. The SMILES string of the molecule is CC(SC1CCCCCCCC1)N1CCC(I)CC1. The molecule has 1 aliphatic carbocycles. The van der Waals surface area contributed by atoms with E-state index >= 15 is 0 Å². The number of likely N-dealkylation sites (tertiary alicyclic amines) is 1. The minimum Gasteiger partial charge on any atom is -0.292 e. The van der Waals surface area contributed by atoms with Crippen molar-refractivity contribution in [3.63, 3.8) is 0 Å². The van der Waals surface area contributed by atoms with Crippen LogP contribution in [0.4, 0.5) is 0 Å². The normalized spacial score (nSPS) is 27.5. The lowest BCUT2D eigenvalue weighted by Gasteiger charge is -2.35. The third-order valence-corrected chi connectivity index (χ3v) is 7.46. The van der Waals surface area contributed by atoms with E-state index in [-0.39, 0.29) is 0 Å². The van der Waals surface area contributed by atoms with Gasteiger partial charge in [-0.2, -0.15) is 0 Å². The Balaban J connectivity index is 1.74. The summed E-state index contributed by atoms with van der Waals surface area (Å²) in [5.74, 6) is 0. The van der Waals surface area contributed by atoms with E-state index in [0.29, 0.717) is 0 Å². The Hall–Kier alpha value is 1.04. The summed E-state index contributed by atoms with van der Waals surface area (Å²) in [6.07, 6.45) is 14.6. The zero-order valence-corrected chi connectivity index (χ0v) is 15.4. The lowest BCUT2D eigenvalue weighted by Crippen LogP contribution is -2.39. The number of hydrogen-bond acceptors (Lipinski definition) is 2. The lowest BCUT2D eigenvalue weighted by atomic mass is 10.1. The molecule has 0 amide bonds. The first-order valence-electron chi connectivity index (χ1n) is 8.29. The van der Waals surface area contributed by atoms with Crippen LogP contribution >= 0.6 is 34.4 Å². The molecule has 1 unspecified atom stereocenters. The summed E-state index contributed by atoms with van der Waals surface area (Å²) < 4.78 is 0.927. The van der Waals surface area contributed by atoms with Gasteiger partial charge in [0.25, 0.3) is 0 Å². The van der Waals surface area contributed by atoms with Gasteiger partial charge >= 0.3 is 0 Å². The minimum atomic E-state index is 0.745. The molecule has 0 aromatic heterocycles. The van der Waals surface area contributed by atoms with Gasteiger partial charge in [-0.3, -0.25) is 4.90 Å². The van der Waals surface area contributed by atoms with Crippen LogP contribution in [0.5, 0.6) is 0 Å². The van der Waals surface area contributed by atoms with Gasteiger partial charge in [-0.15, -0.1) is 11.8 Å². The Kier molecular flexibility index (Phi) is 7.89. The Morgan fingerprint density at radius 1 is 0.895 bits per heavy atom. The van der Waals surface area contributed by atoms with Crippen molar-refractivity contribution in [2.45, 2.75) is 85.7 Å². The largest absolute Gasteiger partial charge is 0.292 e. The molecule has 1 atom stereocenters. The number of rotatable bonds is 3. The number of nitrogens with zero attached hydrogens (tertiary/aromatic N) is 1. The van der Waals surface area contributed by atoms with Crippen LogP contribution in [-0.2, 0) is 0 Å². The smallest absolute Gasteiger partial charge is 0.0531 e. The van der Waals surface area contributed by atoms with Gasteiger partial charge in [-0.25, -0.2) is 0 Å². The lowest BCUT2D eigenvalue weighted by molar-refractivity contribution is 0.229. The fourth-order valence-electron chi connectivity index (χ4n) is 3.33. The number of hydrogen-bond donors (Lipinski definition) is 0. The number of thioether (sulfide) groups is 1. The van der Waals surface area contributed by atoms with Gasteiger partial charge in [0.15, 0.2) is 0 Å². The molecule has 0 bridgehead atoms. The molecule has 2 aliphatic rings. The molecule has 19 heavy (non-hydrogen) atoms. The molecule has 0 aromatic carbocycles. The van der Waals surface area contributed by atoms with Gasteiger partial charge < -0.3 is 0 Å². The molecule has 0 spiro atoms. The van der Waals surface area contributed by atoms with E-state index in [1.807, 2.05) is 0 Å². The van der Waals surface area contributed by atoms with Crippen molar-refractivity contribution in [2.75, 3.05) is 13.1 Å². The second-order valence-corrected chi connectivity index (χ2v) is 9.65. The summed E-state index contributed by atoms with van der Waals surface area (Å²) in [6, 6.07) is 0. The molecule has 2 rings (SSSR count). The van der Waals surface area contributed by atoms with Gasteiger partial charge in [-0.05, 0) is 32.6 Å². The molecule has 112 valence electrons. The predicted molar refractivity (Wildman–Crippen MR) is 96.4 cm³/mol. The molecule has 1 saturated heterocycles. The molecular formula is C16H30INS. The number of alkyl halides is 1. The third kappa shape index (κ3) is 6.13. The molecule has 2 fully saturated rings. The molecule has 3 heteroatoms. The van der Waals surface area contributed by atoms with Gasteiger partial charge in [-0.1, -0.05) is 61.1 Å². The quantitative estimate of drug-likeness (QED) is 0.461.